The van der Waals surface area contributed by atoms with Crippen molar-refractivity contribution in [2.24, 2.45) is 7.05 Å². The minimum atomic E-state index is -5.95. The van der Waals surface area contributed by atoms with E-state index in [-0.39, 0.29) is 22.6 Å². The van der Waals surface area contributed by atoms with Crippen molar-refractivity contribution in [1.82, 2.24) is 9.55 Å². The first kappa shape index (κ1) is 25.3. The van der Waals surface area contributed by atoms with Gasteiger partial charge in [-0.2, -0.15) is 35.1 Å². The predicted molar refractivity (Wildman–Crippen MR) is 95.8 cm³/mol. The Morgan fingerprint density at radius 1 is 1.19 bits per heavy atom. The Hall–Kier alpha value is -1.99. The summed E-state index contributed by atoms with van der Waals surface area (Å²) in [5, 5.41) is -3.26. The molecule has 0 aliphatic rings. The zero-order valence-corrected chi connectivity index (χ0v) is 17.1. The maximum absolute atomic E-state index is 13.4. The van der Waals surface area contributed by atoms with Crippen molar-refractivity contribution >= 4 is 28.8 Å². The second-order valence-corrected chi connectivity index (χ2v) is 7.97. The van der Waals surface area contributed by atoms with Crippen molar-refractivity contribution in [3.63, 3.8) is 0 Å². The van der Waals surface area contributed by atoms with Crippen LogP contribution in [0.5, 0.6) is 0 Å². The molecule has 1 aromatic heterocycles. The van der Waals surface area contributed by atoms with Gasteiger partial charge in [0, 0.05) is 17.9 Å². The number of hydrogen-bond acceptors (Lipinski definition) is 3. The quantitative estimate of drug-likeness (QED) is 0.388. The highest BCUT2D eigenvalue weighted by Crippen LogP contribution is 2.43. The Labute approximate surface area is 177 Å². The van der Waals surface area contributed by atoms with E-state index in [0.29, 0.717) is 18.2 Å². The van der Waals surface area contributed by atoms with Crippen LogP contribution in [0.1, 0.15) is 29.0 Å². The molecule has 2 unspecified atom stereocenters. The molecule has 0 bridgehead atoms. The molecule has 2 aromatic rings. The van der Waals surface area contributed by atoms with E-state index < -0.39 is 45.2 Å². The van der Waals surface area contributed by atoms with Gasteiger partial charge in [0.1, 0.15) is 5.82 Å². The van der Waals surface area contributed by atoms with Crippen LogP contribution in [-0.4, -0.2) is 30.4 Å². The third-order valence-electron chi connectivity index (χ3n) is 4.30. The number of benzene rings is 1. The molecule has 0 saturated carbocycles. The van der Waals surface area contributed by atoms with E-state index in [1.165, 1.54) is 7.05 Å². The van der Waals surface area contributed by atoms with Gasteiger partial charge in [0.15, 0.2) is 0 Å². The van der Waals surface area contributed by atoms with Gasteiger partial charge < -0.3 is 9.12 Å². The summed E-state index contributed by atoms with van der Waals surface area (Å²) in [6.07, 6.45) is -9.55. The summed E-state index contributed by atoms with van der Waals surface area (Å²) in [6.45, 7) is 1.12. The van der Waals surface area contributed by atoms with E-state index in [4.69, 9.17) is 11.6 Å². The van der Waals surface area contributed by atoms with Gasteiger partial charge in [-0.15, -0.1) is 0 Å². The third kappa shape index (κ3) is 5.09. The van der Waals surface area contributed by atoms with Crippen molar-refractivity contribution < 1.29 is 43.9 Å². The van der Waals surface area contributed by atoms with Crippen LogP contribution < -0.4 is 0 Å². The van der Waals surface area contributed by atoms with E-state index >= 15 is 0 Å². The van der Waals surface area contributed by atoms with Gasteiger partial charge in [0.25, 0.3) is 0 Å². The molecule has 31 heavy (non-hydrogen) atoms. The SMILES string of the molecule is CC(c1cc(C(F)(F)F)ccc1-c1ncc(/C=C(\Cl)C(F)(F)C(F)(F)F)n1C)S(=O)[O-]. The molecule has 1 heterocycles. The molecule has 0 aliphatic heterocycles. The van der Waals surface area contributed by atoms with Crippen LogP contribution in [0.25, 0.3) is 17.5 Å². The van der Waals surface area contributed by atoms with Gasteiger partial charge in [-0.25, -0.2) is 4.98 Å². The smallest absolute Gasteiger partial charge is 0.459 e. The number of nitrogens with zero attached hydrogens (tertiary/aromatic N) is 2. The van der Waals surface area contributed by atoms with Gasteiger partial charge in [-0.3, -0.25) is 4.21 Å². The zero-order chi connectivity index (χ0) is 23.9. The fraction of sp³-hybridized carbons (Fsp3) is 0.353. The first-order chi connectivity index (χ1) is 14.0. The van der Waals surface area contributed by atoms with Crippen LogP contribution >= 0.6 is 11.6 Å². The maximum atomic E-state index is 13.4. The fourth-order valence-corrected chi connectivity index (χ4v) is 3.17. The highest BCUT2D eigenvalue weighted by atomic mass is 35.5. The van der Waals surface area contributed by atoms with E-state index in [0.717, 1.165) is 23.8 Å². The van der Waals surface area contributed by atoms with Crippen LogP contribution in [0.2, 0.25) is 0 Å². The number of aromatic nitrogens is 2. The monoisotopic (exact) mass is 495 g/mol. The molecule has 2 rings (SSSR count). The minimum Gasteiger partial charge on any atom is -0.772 e. The summed E-state index contributed by atoms with van der Waals surface area (Å²) in [4.78, 5) is 3.83. The molecule has 0 saturated heterocycles. The lowest BCUT2D eigenvalue weighted by Crippen LogP contribution is -2.36. The Balaban J connectivity index is 2.63. The van der Waals surface area contributed by atoms with Gasteiger partial charge in [-0.05, 0) is 41.8 Å². The summed E-state index contributed by atoms with van der Waals surface area (Å²) < 4.78 is 127. The highest BCUT2D eigenvalue weighted by Gasteiger charge is 2.59. The lowest BCUT2D eigenvalue weighted by Gasteiger charge is -2.21. The zero-order valence-electron chi connectivity index (χ0n) is 15.5. The molecule has 0 spiro atoms. The predicted octanol–water partition coefficient (Wildman–Crippen LogP) is 5.82. The molecular weight excluding hydrogens is 484 g/mol. The van der Waals surface area contributed by atoms with Crippen molar-refractivity contribution in [3.8, 4) is 11.4 Å². The standard InChI is InChI=1S/C17H13ClF8N2O2S/c1-8(31(29)30)12-5-9(16(21,22)23)3-4-11(12)14-27-7-10(28(14)2)6-13(18)15(19,20)17(24,25)26/h3-8H,1-2H3,(H,29,30)/p-1/b13-6-. The van der Waals surface area contributed by atoms with Crippen molar-refractivity contribution in [3.05, 3.63) is 46.2 Å². The Bertz CT molecular complexity index is 1030. The molecule has 172 valence electrons. The Morgan fingerprint density at radius 2 is 1.77 bits per heavy atom. The second kappa shape index (κ2) is 8.51. The van der Waals surface area contributed by atoms with E-state index in [9.17, 15) is 43.9 Å². The Kier molecular flexibility index (Phi) is 6.94. The summed E-state index contributed by atoms with van der Waals surface area (Å²) in [5.41, 5.74) is -1.85. The molecule has 0 aliphatic carbocycles. The number of imidazole rings is 1. The van der Waals surface area contributed by atoms with Crippen LogP contribution in [0, 0.1) is 0 Å². The van der Waals surface area contributed by atoms with E-state index in [1.807, 2.05) is 0 Å². The summed E-state index contributed by atoms with van der Waals surface area (Å²) >= 11 is 2.33. The average molecular weight is 496 g/mol. The number of rotatable bonds is 5. The van der Waals surface area contributed by atoms with Crippen molar-refractivity contribution in [2.45, 2.75) is 30.4 Å². The van der Waals surface area contributed by atoms with E-state index in [2.05, 4.69) is 4.98 Å². The Morgan fingerprint density at radius 3 is 2.26 bits per heavy atom. The van der Waals surface area contributed by atoms with Crippen LogP contribution in [0.3, 0.4) is 0 Å². The summed E-state index contributed by atoms with van der Waals surface area (Å²) in [6, 6.07) is 2.20. The number of alkyl halides is 8. The maximum Gasteiger partial charge on any atom is 0.459 e. The van der Waals surface area contributed by atoms with Crippen molar-refractivity contribution in [2.75, 3.05) is 0 Å². The van der Waals surface area contributed by atoms with Gasteiger partial charge in [0.2, 0.25) is 0 Å². The van der Waals surface area contributed by atoms with Crippen LogP contribution in [0.4, 0.5) is 35.1 Å². The number of hydrogen-bond donors (Lipinski definition) is 0. The molecular formula is C17H12ClF8N2O2S-. The van der Waals surface area contributed by atoms with Gasteiger partial charge in [-0.1, -0.05) is 17.7 Å². The molecule has 0 radical (unpaired) electrons. The largest absolute Gasteiger partial charge is 0.772 e. The number of allylic oxidation sites excluding steroid dienone is 1. The summed E-state index contributed by atoms with van der Waals surface area (Å²) in [5.74, 6) is -5.51. The molecule has 1 aromatic carbocycles. The van der Waals surface area contributed by atoms with E-state index in [1.54, 1.807) is 0 Å². The lowest BCUT2D eigenvalue weighted by atomic mass is 10.0. The molecule has 4 nitrogen and oxygen atoms in total. The first-order valence-corrected chi connectivity index (χ1v) is 9.63. The lowest BCUT2D eigenvalue weighted by molar-refractivity contribution is -0.261. The minimum absolute atomic E-state index is 0.0921. The summed E-state index contributed by atoms with van der Waals surface area (Å²) in [7, 11) is 1.18. The second-order valence-electron chi connectivity index (χ2n) is 6.33. The third-order valence-corrected chi connectivity index (χ3v) is 5.48. The fourth-order valence-electron chi connectivity index (χ4n) is 2.55. The van der Waals surface area contributed by atoms with Crippen molar-refractivity contribution in [1.29, 1.82) is 0 Å². The number of halogens is 9. The highest BCUT2D eigenvalue weighted by molar-refractivity contribution is 7.79. The first-order valence-electron chi connectivity index (χ1n) is 8.12. The average Bonchev–Trinajstić information content (AvgIpc) is 2.99. The van der Waals surface area contributed by atoms with Gasteiger partial charge >= 0.3 is 18.3 Å². The van der Waals surface area contributed by atoms with Crippen LogP contribution in [-0.2, 0) is 24.3 Å². The molecule has 0 fully saturated rings. The van der Waals surface area contributed by atoms with Crippen LogP contribution in [0.15, 0.2) is 29.4 Å². The molecule has 2 atom stereocenters. The topological polar surface area (TPSA) is 58.0 Å². The molecule has 14 heteroatoms. The molecule has 0 amide bonds. The normalized spacial score (nSPS) is 15.8. The van der Waals surface area contributed by atoms with Gasteiger partial charge in [0.05, 0.1) is 22.5 Å². The molecule has 0 N–H and O–H groups in total.